The summed E-state index contributed by atoms with van der Waals surface area (Å²) in [4.78, 5) is 0. The first-order valence-electron chi connectivity index (χ1n) is 5.52. The first-order chi connectivity index (χ1) is 8.58. The number of halogens is 3. The molecule has 0 heterocycles. The smallest absolute Gasteiger partial charge is 0.137 e. The van der Waals surface area contributed by atoms with E-state index in [-0.39, 0.29) is 11.9 Å². The molecular formula is C14H12BrClFN. The van der Waals surface area contributed by atoms with Crippen LogP contribution in [0.5, 0.6) is 0 Å². The molecule has 4 heteroatoms. The predicted octanol–water partition coefficient (Wildman–Crippen LogP) is 4.48. The van der Waals surface area contributed by atoms with Crippen LogP contribution in [-0.2, 0) is 6.42 Å². The quantitative estimate of drug-likeness (QED) is 0.883. The molecule has 0 fully saturated rings. The molecule has 2 aromatic rings. The second-order valence-electron chi connectivity index (χ2n) is 4.08. The average molecular weight is 329 g/mol. The summed E-state index contributed by atoms with van der Waals surface area (Å²) in [6.45, 7) is 0. The zero-order valence-corrected chi connectivity index (χ0v) is 11.9. The van der Waals surface area contributed by atoms with Gasteiger partial charge in [-0.2, -0.15) is 0 Å². The summed E-state index contributed by atoms with van der Waals surface area (Å²) in [5.41, 5.74) is 7.99. The first-order valence-corrected chi connectivity index (χ1v) is 6.69. The minimum Gasteiger partial charge on any atom is -0.324 e. The molecule has 0 amide bonds. The maximum atomic E-state index is 13.1. The fraction of sp³-hybridized carbons (Fsp3) is 0.143. The van der Waals surface area contributed by atoms with E-state index in [1.807, 2.05) is 24.3 Å². The van der Waals surface area contributed by atoms with Gasteiger partial charge >= 0.3 is 0 Å². The Morgan fingerprint density at radius 3 is 2.61 bits per heavy atom. The van der Waals surface area contributed by atoms with Gasteiger partial charge in [-0.1, -0.05) is 35.9 Å². The minimum atomic E-state index is -0.273. The molecule has 0 aromatic heterocycles. The van der Waals surface area contributed by atoms with E-state index in [2.05, 4.69) is 15.9 Å². The molecule has 0 saturated heterocycles. The predicted molar refractivity (Wildman–Crippen MR) is 76.2 cm³/mol. The summed E-state index contributed by atoms with van der Waals surface area (Å²) in [6.07, 6.45) is 0.614. The van der Waals surface area contributed by atoms with Gasteiger partial charge in [0.15, 0.2) is 0 Å². The van der Waals surface area contributed by atoms with Crippen molar-refractivity contribution in [3.63, 3.8) is 0 Å². The van der Waals surface area contributed by atoms with Gasteiger partial charge in [-0.25, -0.2) is 4.39 Å². The van der Waals surface area contributed by atoms with Crippen molar-refractivity contribution in [1.82, 2.24) is 0 Å². The lowest BCUT2D eigenvalue weighted by molar-refractivity contribution is 0.618. The van der Waals surface area contributed by atoms with Crippen molar-refractivity contribution in [3.8, 4) is 0 Å². The van der Waals surface area contributed by atoms with Crippen LogP contribution in [0.25, 0.3) is 0 Å². The molecule has 0 spiro atoms. The van der Waals surface area contributed by atoms with Gasteiger partial charge in [0.25, 0.3) is 0 Å². The topological polar surface area (TPSA) is 26.0 Å². The third kappa shape index (κ3) is 3.10. The number of benzene rings is 2. The standard InChI is InChI=1S/C14H12BrClFN/c15-11-7-9(5-6-13(11)17)8-14(18)10-3-1-2-4-12(10)16/h1-7,14H,8,18H2. The second-order valence-corrected chi connectivity index (χ2v) is 5.34. The zero-order valence-electron chi connectivity index (χ0n) is 9.54. The van der Waals surface area contributed by atoms with Crippen LogP contribution < -0.4 is 5.73 Å². The van der Waals surface area contributed by atoms with Crippen LogP contribution in [0.15, 0.2) is 46.9 Å². The molecule has 1 atom stereocenters. The molecule has 18 heavy (non-hydrogen) atoms. The van der Waals surface area contributed by atoms with Gasteiger partial charge in [0.1, 0.15) is 5.82 Å². The van der Waals surface area contributed by atoms with Crippen molar-refractivity contribution in [3.05, 3.63) is 68.9 Å². The van der Waals surface area contributed by atoms with Crippen molar-refractivity contribution in [1.29, 1.82) is 0 Å². The van der Waals surface area contributed by atoms with E-state index in [1.54, 1.807) is 12.1 Å². The SMILES string of the molecule is NC(Cc1ccc(F)c(Br)c1)c1ccccc1Cl. The van der Waals surface area contributed by atoms with E-state index in [1.165, 1.54) is 6.07 Å². The van der Waals surface area contributed by atoms with Gasteiger partial charge in [-0.3, -0.25) is 0 Å². The maximum Gasteiger partial charge on any atom is 0.137 e. The highest BCUT2D eigenvalue weighted by molar-refractivity contribution is 9.10. The van der Waals surface area contributed by atoms with E-state index < -0.39 is 0 Å². The van der Waals surface area contributed by atoms with E-state index in [0.717, 1.165) is 11.1 Å². The van der Waals surface area contributed by atoms with E-state index in [0.29, 0.717) is 15.9 Å². The monoisotopic (exact) mass is 327 g/mol. The Kier molecular flexibility index (Phi) is 4.38. The average Bonchev–Trinajstić information content (AvgIpc) is 2.34. The van der Waals surface area contributed by atoms with Crippen LogP contribution in [0.3, 0.4) is 0 Å². The largest absolute Gasteiger partial charge is 0.324 e. The van der Waals surface area contributed by atoms with Gasteiger partial charge in [-0.05, 0) is 51.7 Å². The van der Waals surface area contributed by atoms with Gasteiger partial charge in [0, 0.05) is 11.1 Å². The highest BCUT2D eigenvalue weighted by Crippen LogP contribution is 2.25. The van der Waals surface area contributed by atoms with E-state index >= 15 is 0 Å². The number of rotatable bonds is 3. The summed E-state index contributed by atoms with van der Waals surface area (Å²) in [7, 11) is 0. The van der Waals surface area contributed by atoms with Crippen LogP contribution in [0.1, 0.15) is 17.2 Å². The molecule has 2 rings (SSSR count). The van der Waals surface area contributed by atoms with Gasteiger partial charge in [-0.15, -0.1) is 0 Å². The third-order valence-corrected chi connectivity index (χ3v) is 3.70. The lowest BCUT2D eigenvalue weighted by atomic mass is 10.00. The van der Waals surface area contributed by atoms with Crippen molar-refractivity contribution in [2.75, 3.05) is 0 Å². The summed E-state index contributed by atoms with van der Waals surface area (Å²) in [6, 6.07) is 12.2. The molecule has 2 N–H and O–H groups in total. The summed E-state index contributed by atoms with van der Waals surface area (Å²) in [5, 5.41) is 0.658. The van der Waals surface area contributed by atoms with Crippen LogP contribution in [-0.4, -0.2) is 0 Å². The Balaban J connectivity index is 2.19. The van der Waals surface area contributed by atoms with Crippen molar-refractivity contribution >= 4 is 27.5 Å². The Morgan fingerprint density at radius 1 is 1.22 bits per heavy atom. The van der Waals surface area contributed by atoms with Crippen molar-refractivity contribution in [2.45, 2.75) is 12.5 Å². The lowest BCUT2D eigenvalue weighted by Gasteiger charge is -2.14. The molecular weight excluding hydrogens is 317 g/mol. The lowest BCUT2D eigenvalue weighted by Crippen LogP contribution is -2.13. The number of hydrogen-bond donors (Lipinski definition) is 1. The van der Waals surface area contributed by atoms with Gasteiger partial charge < -0.3 is 5.73 Å². The van der Waals surface area contributed by atoms with E-state index in [9.17, 15) is 4.39 Å². The van der Waals surface area contributed by atoms with Crippen LogP contribution in [0, 0.1) is 5.82 Å². The Bertz CT molecular complexity index is 559. The highest BCUT2D eigenvalue weighted by Gasteiger charge is 2.11. The molecule has 0 aliphatic rings. The first kappa shape index (κ1) is 13.5. The molecule has 1 nitrogen and oxygen atoms in total. The van der Waals surface area contributed by atoms with Crippen LogP contribution in [0.4, 0.5) is 4.39 Å². The van der Waals surface area contributed by atoms with E-state index in [4.69, 9.17) is 17.3 Å². The fourth-order valence-corrected chi connectivity index (χ4v) is 2.51. The Labute approximate surface area is 119 Å². The summed E-state index contributed by atoms with van der Waals surface area (Å²) < 4.78 is 13.6. The summed E-state index contributed by atoms with van der Waals surface area (Å²) >= 11 is 9.26. The number of nitrogens with two attached hydrogens (primary N) is 1. The molecule has 94 valence electrons. The molecule has 0 saturated carbocycles. The third-order valence-electron chi connectivity index (χ3n) is 2.74. The highest BCUT2D eigenvalue weighted by atomic mass is 79.9. The molecule has 0 radical (unpaired) electrons. The van der Waals surface area contributed by atoms with Crippen molar-refractivity contribution in [2.24, 2.45) is 5.73 Å². The van der Waals surface area contributed by atoms with Gasteiger partial charge in [0.2, 0.25) is 0 Å². The van der Waals surface area contributed by atoms with Crippen LogP contribution in [0.2, 0.25) is 5.02 Å². The molecule has 1 unspecified atom stereocenters. The molecule has 0 aliphatic carbocycles. The van der Waals surface area contributed by atoms with Crippen molar-refractivity contribution < 1.29 is 4.39 Å². The zero-order chi connectivity index (χ0) is 13.1. The molecule has 0 bridgehead atoms. The molecule has 2 aromatic carbocycles. The van der Waals surface area contributed by atoms with Gasteiger partial charge in [0.05, 0.1) is 4.47 Å². The maximum absolute atomic E-state index is 13.1. The fourth-order valence-electron chi connectivity index (χ4n) is 1.81. The Hall–Kier alpha value is -0.900. The molecule has 0 aliphatic heterocycles. The van der Waals surface area contributed by atoms with Crippen LogP contribution >= 0.6 is 27.5 Å². The second kappa shape index (κ2) is 5.83. The Morgan fingerprint density at radius 2 is 1.94 bits per heavy atom. The summed E-state index contributed by atoms with van der Waals surface area (Å²) in [5.74, 6) is -0.273. The normalized spacial score (nSPS) is 12.4. The minimum absolute atomic E-state index is 0.198. The number of hydrogen-bond acceptors (Lipinski definition) is 1.